The van der Waals surface area contributed by atoms with Gasteiger partial charge in [-0.3, -0.25) is 0 Å². The van der Waals surface area contributed by atoms with Crippen LogP contribution in [0.1, 0.15) is 0 Å². The van der Waals surface area contributed by atoms with Gasteiger partial charge in [0.05, 0.1) is 16.9 Å². The van der Waals surface area contributed by atoms with Crippen molar-refractivity contribution in [3.8, 4) is 0 Å². The van der Waals surface area contributed by atoms with E-state index in [0.717, 1.165) is 0 Å². The highest BCUT2D eigenvalue weighted by molar-refractivity contribution is 14.1. The van der Waals surface area contributed by atoms with Crippen molar-refractivity contribution in [2.45, 2.75) is 0 Å². The van der Waals surface area contributed by atoms with Gasteiger partial charge in [-0.2, -0.15) is 0 Å². The first-order chi connectivity index (χ1) is 6.11. The van der Waals surface area contributed by atoms with Crippen LogP contribution in [0.25, 0.3) is 11.0 Å². The summed E-state index contributed by atoms with van der Waals surface area (Å²) in [7, 11) is 1.74. The van der Waals surface area contributed by atoms with Crippen LogP contribution < -0.4 is 0 Å². The maximum Gasteiger partial charge on any atom is 0.168 e. The molecular formula is C8H5ClFIN2. The van der Waals surface area contributed by atoms with E-state index in [-0.39, 0.29) is 5.02 Å². The SMILES string of the molecule is Cn1cnc2cc(I)c(Cl)c(F)c21. The van der Waals surface area contributed by atoms with Crippen molar-refractivity contribution < 1.29 is 4.39 Å². The number of imidazole rings is 1. The number of aryl methyl sites for hydroxylation is 1. The van der Waals surface area contributed by atoms with E-state index < -0.39 is 5.82 Å². The lowest BCUT2D eigenvalue weighted by molar-refractivity contribution is 0.631. The predicted molar refractivity (Wildman–Crippen MR) is 58.4 cm³/mol. The van der Waals surface area contributed by atoms with Gasteiger partial charge < -0.3 is 4.57 Å². The number of halogens is 3. The Morgan fingerprint density at radius 3 is 3.00 bits per heavy atom. The molecule has 0 spiro atoms. The molecule has 0 atom stereocenters. The molecule has 2 nitrogen and oxygen atoms in total. The van der Waals surface area contributed by atoms with Gasteiger partial charge in [-0.25, -0.2) is 9.37 Å². The van der Waals surface area contributed by atoms with Gasteiger partial charge in [0, 0.05) is 10.6 Å². The van der Waals surface area contributed by atoms with E-state index >= 15 is 0 Å². The fourth-order valence-corrected chi connectivity index (χ4v) is 1.89. The van der Waals surface area contributed by atoms with Crippen LogP contribution in [0.4, 0.5) is 4.39 Å². The minimum atomic E-state index is -0.399. The number of hydrogen-bond donors (Lipinski definition) is 0. The highest BCUT2D eigenvalue weighted by atomic mass is 127. The molecule has 0 unspecified atom stereocenters. The molecule has 0 radical (unpaired) electrons. The monoisotopic (exact) mass is 310 g/mol. The smallest absolute Gasteiger partial charge is 0.168 e. The fourth-order valence-electron chi connectivity index (χ4n) is 1.21. The number of benzene rings is 1. The van der Waals surface area contributed by atoms with Crippen molar-refractivity contribution in [2.24, 2.45) is 7.05 Å². The van der Waals surface area contributed by atoms with Crippen molar-refractivity contribution in [3.63, 3.8) is 0 Å². The molecule has 1 aromatic heterocycles. The molecule has 0 aliphatic carbocycles. The van der Waals surface area contributed by atoms with Gasteiger partial charge in [0.1, 0.15) is 5.52 Å². The normalized spacial score (nSPS) is 11.1. The Kier molecular flexibility index (Phi) is 2.19. The number of fused-ring (bicyclic) bond motifs is 1. The second-order valence-electron chi connectivity index (χ2n) is 2.71. The molecule has 1 heterocycles. The molecule has 0 bridgehead atoms. The Bertz CT molecular complexity index is 480. The van der Waals surface area contributed by atoms with E-state index in [1.54, 1.807) is 24.0 Å². The van der Waals surface area contributed by atoms with Crippen molar-refractivity contribution >= 4 is 45.2 Å². The molecular weight excluding hydrogens is 305 g/mol. The maximum absolute atomic E-state index is 13.6. The summed E-state index contributed by atoms with van der Waals surface area (Å²) in [5.41, 5.74) is 1.08. The molecule has 13 heavy (non-hydrogen) atoms. The van der Waals surface area contributed by atoms with Crippen LogP contribution >= 0.6 is 34.2 Å². The second kappa shape index (κ2) is 3.09. The summed E-state index contributed by atoms with van der Waals surface area (Å²) in [4.78, 5) is 4.04. The zero-order chi connectivity index (χ0) is 9.59. The average molecular weight is 310 g/mol. The van der Waals surface area contributed by atoms with Gasteiger partial charge in [-0.1, -0.05) is 11.6 Å². The van der Waals surface area contributed by atoms with E-state index in [1.165, 1.54) is 0 Å². The Hall–Kier alpha value is -0.360. The predicted octanol–water partition coefficient (Wildman–Crippen LogP) is 2.97. The largest absolute Gasteiger partial charge is 0.331 e. The lowest BCUT2D eigenvalue weighted by atomic mass is 10.3. The zero-order valence-corrected chi connectivity index (χ0v) is 9.60. The Morgan fingerprint density at radius 1 is 1.62 bits per heavy atom. The lowest BCUT2D eigenvalue weighted by Gasteiger charge is -2.00. The van der Waals surface area contributed by atoms with Gasteiger partial charge in [0.25, 0.3) is 0 Å². The molecule has 68 valence electrons. The first-order valence-corrected chi connectivity index (χ1v) is 5.01. The number of rotatable bonds is 0. The molecule has 0 fully saturated rings. The summed E-state index contributed by atoms with van der Waals surface area (Å²) in [6, 6.07) is 1.77. The summed E-state index contributed by atoms with van der Waals surface area (Å²) < 4.78 is 15.9. The molecule has 0 N–H and O–H groups in total. The Morgan fingerprint density at radius 2 is 2.31 bits per heavy atom. The quantitative estimate of drug-likeness (QED) is 0.540. The third kappa shape index (κ3) is 1.32. The van der Waals surface area contributed by atoms with Crippen LogP contribution in [0, 0.1) is 9.39 Å². The first-order valence-electron chi connectivity index (χ1n) is 3.56. The van der Waals surface area contributed by atoms with Crippen molar-refractivity contribution in [2.75, 3.05) is 0 Å². The molecule has 2 rings (SSSR count). The van der Waals surface area contributed by atoms with Crippen molar-refractivity contribution in [1.82, 2.24) is 9.55 Å². The molecule has 0 amide bonds. The zero-order valence-electron chi connectivity index (χ0n) is 6.68. The third-order valence-electron chi connectivity index (χ3n) is 1.84. The Balaban J connectivity index is 2.97. The number of aromatic nitrogens is 2. The van der Waals surface area contributed by atoms with Gasteiger partial charge >= 0.3 is 0 Å². The van der Waals surface area contributed by atoms with Gasteiger partial charge in [-0.15, -0.1) is 0 Å². The average Bonchev–Trinajstić information content (AvgIpc) is 2.43. The van der Waals surface area contributed by atoms with E-state index in [2.05, 4.69) is 4.98 Å². The van der Waals surface area contributed by atoms with Gasteiger partial charge in [-0.05, 0) is 28.7 Å². The maximum atomic E-state index is 13.6. The molecule has 5 heteroatoms. The molecule has 0 aliphatic heterocycles. The highest BCUT2D eigenvalue weighted by Gasteiger charge is 2.13. The van der Waals surface area contributed by atoms with Crippen LogP contribution in [0.3, 0.4) is 0 Å². The van der Waals surface area contributed by atoms with Crippen LogP contribution in [-0.2, 0) is 7.05 Å². The molecule has 0 saturated heterocycles. The standard InChI is InChI=1S/C8H5ClFIN2/c1-13-3-12-5-2-4(11)6(9)7(10)8(5)13/h2-3H,1H3. The number of hydrogen-bond acceptors (Lipinski definition) is 1. The van der Waals surface area contributed by atoms with Crippen molar-refractivity contribution in [3.05, 3.63) is 26.8 Å². The fraction of sp³-hybridized carbons (Fsp3) is 0.125. The minimum Gasteiger partial charge on any atom is -0.331 e. The van der Waals surface area contributed by atoms with Crippen LogP contribution in [0.15, 0.2) is 12.4 Å². The molecule has 1 aromatic carbocycles. The molecule has 2 aromatic rings. The molecule has 0 saturated carbocycles. The third-order valence-corrected chi connectivity index (χ3v) is 3.38. The Labute approximate surface area is 92.8 Å². The van der Waals surface area contributed by atoms with E-state index in [4.69, 9.17) is 11.6 Å². The van der Waals surface area contributed by atoms with E-state index in [0.29, 0.717) is 14.6 Å². The van der Waals surface area contributed by atoms with Crippen LogP contribution in [0.2, 0.25) is 5.02 Å². The summed E-state index contributed by atoms with van der Waals surface area (Å²) in [5, 5.41) is 0.164. The first kappa shape index (κ1) is 9.21. The van der Waals surface area contributed by atoms with Gasteiger partial charge in [0.2, 0.25) is 0 Å². The summed E-state index contributed by atoms with van der Waals surface area (Å²) in [6.07, 6.45) is 1.57. The highest BCUT2D eigenvalue weighted by Crippen LogP contribution is 2.28. The summed E-state index contributed by atoms with van der Waals surface area (Å²) in [5.74, 6) is -0.399. The van der Waals surface area contributed by atoms with E-state index in [9.17, 15) is 4.39 Å². The molecule has 0 aliphatic rings. The lowest BCUT2D eigenvalue weighted by Crippen LogP contribution is -1.90. The summed E-state index contributed by atoms with van der Waals surface area (Å²) in [6.45, 7) is 0. The topological polar surface area (TPSA) is 17.8 Å². The number of nitrogens with zero attached hydrogens (tertiary/aromatic N) is 2. The summed E-state index contributed by atoms with van der Waals surface area (Å²) >= 11 is 7.75. The van der Waals surface area contributed by atoms with E-state index in [1.807, 2.05) is 22.6 Å². The van der Waals surface area contributed by atoms with Gasteiger partial charge in [0.15, 0.2) is 5.82 Å². The second-order valence-corrected chi connectivity index (χ2v) is 4.25. The minimum absolute atomic E-state index is 0.164. The van der Waals surface area contributed by atoms with Crippen LogP contribution in [0.5, 0.6) is 0 Å². The van der Waals surface area contributed by atoms with Crippen LogP contribution in [-0.4, -0.2) is 9.55 Å². The van der Waals surface area contributed by atoms with Crippen molar-refractivity contribution in [1.29, 1.82) is 0 Å².